The van der Waals surface area contributed by atoms with Crippen molar-refractivity contribution in [2.24, 2.45) is 0 Å². The third kappa shape index (κ3) is 11.3. The summed E-state index contributed by atoms with van der Waals surface area (Å²) >= 11 is 4.01. The van der Waals surface area contributed by atoms with E-state index < -0.39 is 0 Å². The van der Waals surface area contributed by atoms with Crippen molar-refractivity contribution >= 4 is 68.4 Å². The molecule has 0 amide bonds. The van der Waals surface area contributed by atoms with Crippen LogP contribution in [0.4, 0.5) is 0 Å². The van der Waals surface area contributed by atoms with Gasteiger partial charge in [-0.3, -0.25) is 0 Å². The van der Waals surface area contributed by atoms with E-state index in [1.807, 2.05) is 37.1 Å². The Balaban J connectivity index is 0. The number of rotatable bonds is 1. The standard InChI is InChI=1S/K.2Mo.S2.H/c;;;1-2;/q;2*+1;-2;. The molecule has 0 bridgehead atoms. The van der Waals surface area contributed by atoms with Crippen LogP contribution >= 0.6 is 17.0 Å². The second-order valence-corrected chi connectivity index (χ2v) is 7.25. The van der Waals surface area contributed by atoms with E-state index in [2.05, 4.69) is 0 Å². The van der Waals surface area contributed by atoms with Crippen molar-refractivity contribution in [3.8, 4) is 0 Å². The first-order valence-corrected chi connectivity index (χ1v) is 7.42. The number of hydrogen-bond acceptors (Lipinski definition) is 2. The molecule has 0 fully saturated rings. The van der Waals surface area contributed by atoms with E-state index in [-0.39, 0.29) is 51.4 Å². The molecule has 0 rings (SSSR count). The first kappa shape index (κ1) is 11.5. The van der Waals surface area contributed by atoms with Crippen LogP contribution in [0.2, 0.25) is 0 Å². The van der Waals surface area contributed by atoms with Crippen LogP contribution in [0.1, 0.15) is 0 Å². The molecule has 0 saturated heterocycles. The molecule has 0 aromatic heterocycles. The Hall–Kier alpha value is 3.71. The summed E-state index contributed by atoms with van der Waals surface area (Å²) in [6.45, 7) is 0. The van der Waals surface area contributed by atoms with Gasteiger partial charge in [-0.2, -0.15) is 0 Å². The maximum absolute atomic E-state index is 2.01. The topological polar surface area (TPSA) is 0 Å². The van der Waals surface area contributed by atoms with Crippen LogP contribution in [0.5, 0.6) is 0 Å². The van der Waals surface area contributed by atoms with Gasteiger partial charge in [-0.15, -0.1) is 0 Å². The normalized spacial score (nSPS) is 5.60. The molecule has 0 atom stereocenters. The van der Waals surface area contributed by atoms with Gasteiger partial charge in [0.2, 0.25) is 0 Å². The molecule has 0 spiro atoms. The molecule has 0 aromatic rings. The monoisotopic (exact) mass is 300 g/mol. The zero-order valence-electron chi connectivity index (χ0n) is 1.63. The van der Waals surface area contributed by atoms with Crippen LogP contribution < -0.4 is 0 Å². The minimum absolute atomic E-state index is 0. The second-order valence-electron chi connectivity index (χ2n) is 0.136. The summed E-state index contributed by atoms with van der Waals surface area (Å²) in [6.07, 6.45) is 0. The van der Waals surface area contributed by atoms with E-state index in [1.54, 1.807) is 17.0 Å². The van der Waals surface area contributed by atoms with Crippen LogP contribution in [-0.2, 0) is 37.1 Å². The second kappa shape index (κ2) is 10.6. The molecular weight excluding hydrogens is 295 g/mol. The molecule has 0 radical (unpaired) electrons. The molecule has 5 heavy (non-hydrogen) atoms. The van der Waals surface area contributed by atoms with Gasteiger partial charge in [0.25, 0.3) is 0 Å². The molecule has 0 aromatic carbocycles. The molecular formula is HKMo2S2. The average Bonchev–Trinajstić information content (AvgIpc) is 1.37. The zero-order chi connectivity index (χ0) is 3.41. The number of hydrogen-bond donors (Lipinski definition) is 0. The van der Waals surface area contributed by atoms with Gasteiger partial charge in [0.15, 0.2) is 0 Å². The molecule has 0 N–H and O–H groups in total. The van der Waals surface area contributed by atoms with E-state index in [1.165, 1.54) is 0 Å². The fourth-order valence-corrected chi connectivity index (χ4v) is 0. The maximum atomic E-state index is 2.01. The van der Waals surface area contributed by atoms with Crippen LogP contribution in [0.3, 0.4) is 0 Å². The quantitative estimate of drug-likeness (QED) is 0.514. The Morgan fingerprint density at radius 3 is 1.20 bits per heavy atom. The van der Waals surface area contributed by atoms with Gasteiger partial charge in [0.05, 0.1) is 0 Å². The van der Waals surface area contributed by atoms with Crippen molar-refractivity contribution in [2.45, 2.75) is 0 Å². The van der Waals surface area contributed by atoms with Gasteiger partial charge in [-0.05, 0) is 0 Å². The summed E-state index contributed by atoms with van der Waals surface area (Å²) in [6, 6.07) is 0. The van der Waals surface area contributed by atoms with Gasteiger partial charge in [-0.1, -0.05) is 0 Å². The summed E-state index contributed by atoms with van der Waals surface area (Å²) < 4.78 is 0. The third-order valence-electron chi connectivity index (χ3n) is 0.0278. The summed E-state index contributed by atoms with van der Waals surface area (Å²) in [5, 5.41) is 0. The Labute approximate surface area is 102 Å². The van der Waals surface area contributed by atoms with E-state index in [0.717, 1.165) is 0 Å². The van der Waals surface area contributed by atoms with Crippen LogP contribution in [0.25, 0.3) is 0 Å². The fourth-order valence-electron chi connectivity index (χ4n) is 0. The van der Waals surface area contributed by atoms with Crippen molar-refractivity contribution < 1.29 is 37.1 Å². The van der Waals surface area contributed by atoms with Gasteiger partial charge in [0, 0.05) is 0 Å². The van der Waals surface area contributed by atoms with E-state index in [0.29, 0.717) is 0 Å². The van der Waals surface area contributed by atoms with E-state index in [4.69, 9.17) is 0 Å². The van der Waals surface area contributed by atoms with Gasteiger partial charge < -0.3 is 0 Å². The SMILES string of the molecule is [KH].[Mo][S][S][Mo]. The van der Waals surface area contributed by atoms with Crippen molar-refractivity contribution in [3.05, 3.63) is 0 Å². The first-order chi connectivity index (χ1) is 1.91. The predicted octanol–water partition coefficient (Wildman–Crippen LogP) is 0.643. The van der Waals surface area contributed by atoms with Crippen molar-refractivity contribution in [1.29, 1.82) is 0 Å². The van der Waals surface area contributed by atoms with Gasteiger partial charge in [0.1, 0.15) is 0 Å². The predicted molar refractivity (Wildman–Crippen MR) is 22.3 cm³/mol. The molecule has 5 heteroatoms. The Kier molecular flexibility index (Phi) is 24.5. The molecule has 0 saturated carbocycles. The van der Waals surface area contributed by atoms with Gasteiger partial charge in [-0.25, -0.2) is 0 Å². The zero-order valence-corrected chi connectivity index (χ0v) is 7.28. The Morgan fingerprint density at radius 1 is 1.00 bits per heavy atom. The summed E-state index contributed by atoms with van der Waals surface area (Å²) in [4.78, 5) is 0. The molecule has 0 unspecified atom stereocenters. The van der Waals surface area contributed by atoms with Gasteiger partial charge >= 0.3 is 105 Å². The molecule has 0 aliphatic rings. The third-order valence-corrected chi connectivity index (χ3v) is 8.75. The summed E-state index contributed by atoms with van der Waals surface area (Å²) in [5.74, 6) is 0. The molecule has 0 aliphatic carbocycles. The van der Waals surface area contributed by atoms with Crippen molar-refractivity contribution in [1.82, 2.24) is 0 Å². The van der Waals surface area contributed by atoms with Crippen molar-refractivity contribution in [3.63, 3.8) is 0 Å². The molecule has 0 nitrogen and oxygen atoms in total. The summed E-state index contributed by atoms with van der Waals surface area (Å²) in [7, 11) is 3.58. The Bertz CT molecular complexity index is 9.61. The minimum atomic E-state index is 0. The molecule has 0 heterocycles. The van der Waals surface area contributed by atoms with E-state index in [9.17, 15) is 0 Å². The molecule has 0 aliphatic heterocycles. The van der Waals surface area contributed by atoms with Crippen molar-refractivity contribution in [2.75, 3.05) is 0 Å². The average molecular weight is 296 g/mol. The first-order valence-electron chi connectivity index (χ1n) is 0.500. The molecule has 26 valence electrons. The van der Waals surface area contributed by atoms with E-state index >= 15 is 0 Å². The summed E-state index contributed by atoms with van der Waals surface area (Å²) in [5.41, 5.74) is 0. The van der Waals surface area contributed by atoms with Crippen LogP contribution in [0, 0.1) is 0 Å². The Morgan fingerprint density at radius 2 is 1.20 bits per heavy atom. The van der Waals surface area contributed by atoms with Crippen LogP contribution in [0.15, 0.2) is 0 Å². The fraction of sp³-hybridized carbons (Fsp3) is 0. The van der Waals surface area contributed by atoms with Crippen LogP contribution in [-0.4, -0.2) is 51.4 Å².